The minimum absolute atomic E-state index is 0.00954. The number of piperidine rings is 1. The van der Waals surface area contributed by atoms with Gasteiger partial charge in [-0.25, -0.2) is 0 Å². The average molecular weight is 541 g/mol. The number of carbonyl (C=O) groups is 2. The topological polar surface area (TPSA) is 49.4 Å². The van der Waals surface area contributed by atoms with Gasteiger partial charge in [0.2, 0.25) is 5.91 Å². The van der Waals surface area contributed by atoms with E-state index >= 15 is 0 Å². The van der Waals surface area contributed by atoms with Crippen molar-refractivity contribution in [1.29, 1.82) is 0 Å². The van der Waals surface area contributed by atoms with Crippen molar-refractivity contribution in [2.24, 2.45) is 5.41 Å². The fourth-order valence-corrected chi connectivity index (χ4v) is 5.64. The monoisotopic (exact) mass is 540 g/mol. The molecular formula is C28H30F6N2O2. The van der Waals surface area contributed by atoms with E-state index in [2.05, 4.69) is 34.5 Å². The van der Waals surface area contributed by atoms with Gasteiger partial charge >= 0.3 is 12.4 Å². The molecule has 2 fully saturated rings. The number of rotatable bonds is 6. The first-order valence-electron chi connectivity index (χ1n) is 12.6. The van der Waals surface area contributed by atoms with Gasteiger partial charge in [0.1, 0.15) is 11.7 Å². The first-order valence-corrected chi connectivity index (χ1v) is 12.6. The third-order valence-electron chi connectivity index (χ3n) is 7.90. The number of aryl methyl sites for hydroxylation is 1. The van der Waals surface area contributed by atoms with Crippen LogP contribution in [0, 0.1) is 12.3 Å². The number of likely N-dealkylation sites (tertiary alicyclic amines) is 1. The van der Waals surface area contributed by atoms with Crippen LogP contribution in [0.1, 0.15) is 65.8 Å². The van der Waals surface area contributed by atoms with Crippen LogP contribution in [0.2, 0.25) is 0 Å². The molecule has 1 aliphatic heterocycles. The fraction of sp³-hybridized carbons (Fsp3) is 0.500. The first-order chi connectivity index (χ1) is 17.8. The lowest BCUT2D eigenvalue weighted by Crippen LogP contribution is -2.44. The summed E-state index contributed by atoms with van der Waals surface area (Å²) < 4.78 is 78.9. The third kappa shape index (κ3) is 6.22. The fourth-order valence-electron chi connectivity index (χ4n) is 5.64. The highest BCUT2D eigenvalue weighted by atomic mass is 19.4. The Hall–Kier alpha value is -2.88. The molecule has 1 amide bonds. The van der Waals surface area contributed by atoms with E-state index in [0.717, 1.165) is 25.9 Å². The molecule has 0 aromatic heterocycles. The Kier molecular flexibility index (Phi) is 7.93. The molecule has 2 aliphatic rings. The van der Waals surface area contributed by atoms with Gasteiger partial charge in [-0.3, -0.25) is 4.79 Å². The average Bonchev–Trinajstić information content (AvgIpc) is 3.33. The van der Waals surface area contributed by atoms with Gasteiger partial charge in [0.15, 0.2) is 0 Å². The van der Waals surface area contributed by atoms with Gasteiger partial charge in [0.25, 0.3) is 0 Å². The quantitative estimate of drug-likeness (QED) is 0.267. The summed E-state index contributed by atoms with van der Waals surface area (Å²) in [6.45, 7) is 3.14. The molecule has 0 spiro atoms. The summed E-state index contributed by atoms with van der Waals surface area (Å²) in [6, 6.07) is 9.71. The van der Waals surface area contributed by atoms with Crippen molar-refractivity contribution in [3.63, 3.8) is 0 Å². The van der Waals surface area contributed by atoms with Crippen molar-refractivity contribution >= 4 is 12.2 Å². The summed E-state index contributed by atoms with van der Waals surface area (Å²) >= 11 is 0. The number of halogens is 6. The Bertz CT molecular complexity index is 1120. The summed E-state index contributed by atoms with van der Waals surface area (Å²) in [4.78, 5) is 27.4. The Morgan fingerprint density at radius 1 is 0.974 bits per heavy atom. The minimum Gasteiger partial charge on any atom is -0.351 e. The van der Waals surface area contributed by atoms with Crippen LogP contribution in [0.4, 0.5) is 26.3 Å². The van der Waals surface area contributed by atoms with Crippen LogP contribution >= 0.6 is 0 Å². The Morgan fingerprint density at radius 3 is 2.08 bits per heavy atom. The summed E-state index contributed by atoms with van der Waals surface area (Å²) in [5, 5.41) is 2.42. The molecule has 1 N–H and O–H groups in total. The number of amides is 1. The molecule has 1 saturated carbocycles. The maximum Gasteiger partial charge on any atom is 0.416 e. The molecule has 1 heterocycles. The Labute approximate surface area is 217 Å². The molecule has 2 aromatic rings. The highest BCUT2D eigenvalue weighted by Gasteiger charge is 2.47. The molecule has 10 heteroatoms. The van der Waals surface area contributed by atoms with Crippen LogP contribution in [0.3, 0.4) is 0 Å². The number of aldehydes is 1. The van der Waals surface area contributed by atoms with E-state index in [4.69, 9.17) is 0 Å². The molecule has 2 atom stereocenters. The lowest BCUT2D eigenvalue weighted by atomic mass is 9.85. The normalized spacial score (nSPS) is 23.4. The molecule has 38 heavy (non-hydrogen) atoms. The van der Waals surface area contributed by atoms with Gasteiger partial charge in [-0.05, 0) is 87.4 Å². The first kappa shape index (κ1) is 28.1. The van der Waals surface area contributed by atoms with E-state index in [0.29, 0.717) is 30.8 Å². The summed E-state index contributed by atoms with van der Waals surface area (Å²) in [5.74, 6) is -0.225. The predicted octanol–water partition coefficient (Wildman–Crippen LogP) is 6.27. The van der Waals surface area contributed by atoms with Gasteiger partial charge in [-0.1, -0.05) is 29.8 Å². The van der Waals surface area contributed by atoms with Crippen LogP contribution in [0.25, 0.3) is 0 Å². The molecule has 206 valence electrons. The zero-order chi connectivity index (χ0) is 27.7. The van der Waals surface area contributed by atoms with E-state index in [-0.39, 0.29) is 30.5 Å². The van der Waals surface area contributed by atoms with Crippen molar-refractivity contribution in [3.8, 4) is 0 Å². The van der Waals surface area contributed by atoms with E-state index in [1.807, 2.05) is 6.92 Å². The van der Waals surface area contributed by atoms with E-state index in [1.54, 1.807) is 0 Å². The summed E-state index contributed by atoms with van der Waals surface area (Å²) in [6.07, 6.45) is -6.30. The molecule has 0 radical (unpaired) electrons. The largest absolute Gasteiger partial charge is 0.416 e. The Balaban J connectivity index is 1.38. The molecule has 2 unspecified atom stereocenters. The second-order valence-corrected chi connectivity index (χ2v) is 10.5. The van der Waals surface area contributed by atoms with Crippen molar-refractivity contribution in [3.05, 3.63) is 70.3 Å². The van der Waals surface area contributed by atoms with Crippen LogP contribution in [-0.2, 0) is 28.5 Å². The van der Waals surface area contributed by atoms with Gasteiger partial charge < -0.3 is 15.0 Å². The molecule has 4 rings (SSSR count). The number of nitrogens with one attached hydrogen (secondary N) is 1. The molecule has 4 nitrogen and oxygen atoms in total. The SMILES string of the molecule is Cc1ccc(C2CCN(C3CCC(C=O)(C(=O)NCc4cc(C(F)(F)F)cc(C(F)(F)F)c4)C3)CC2)cc1. The molecule has 2 aromatic carbocycles. The molecule has 1 aliphatic carbocycles. The third-order valence-corrected chi connectivity index (χ3v) is 7.90. The van der Waals surface area contributed by atoms with Crippen molar-refractivity contribution in [2.45, 2.75) is 69.9 Å². The van der Waals surface area contributed by atoms with Gasteiger partial charge in [0, 0.05) is 12.6 Å². The van der Waals surface area contributed by atoms with E-state index < -0.39 is 41.3 Å². The second-order valence-electron chi connectivity index (χ2n) is 10.5. The number of hydrogen-bond acceptors (Lipinski definition) is 3. The smallest absolute Gasteiger partial charge is 0.351 e. The van der Waals surface area contributed by atoms with Crippen LogP contribution in [-0.4, -0.2) is 36.2 Å². The lowest BCUT2D eigenvalue weighted by molar-refractivity contribution is -0.143. The van der Waals surface area contributed by atoms with Gasteiger partial charge in [-0.2, -0.15) is 26.3 Å². The highest BCUT2D eigenvalue weighted by Crippen LogP contribution is 2.41. The number of alkyl halides is 6. The number of nitrogens with zero attached hydrogens (tertiary/aromatic N) is 1. The minimum atomic E-state index is -4.98. The molecular weight excluding hydrogens is 510 g/mol. The van der Waals surface area contributed by atoms with Crippen molar-refractivity contribution < 1.29 is 35.9 Å². The highest BCUT2D eigenvalue weighted by molar-refractivity contribution is 5.97. The number of carbonyl (C=O) groups excluding carboxylic acids is 2. The zero-order valence-corrected chi connectivity index (χ0v) is 21.0. The van der Waals surface area contributed by atoms with Crippen molar-refractivity contribution in [2.75, 3.05) is 13.1 Å². The molecule has 0 bridgehead atoms. The van der Waals surface area contributed by atoms with Crippen molar-refractivity contribution in [1.82, 2.24) is 10.2 Å². The number of hydrogen-bond donors (Lipinski definition) is 1. The van der Waals surface area contributed by atoms with Crippen LogP contribution in [0.15, 0.2) is 42.5 Å². The second kappa shape index (κ2) is 10.7. The Morgan fingerprint density at radius 2 is 1.55 bits per heavy atom. The standard InChI is InChI=1S/C28H30F6N2O2/c1-18-2-4-20(5-3-18)21-7-10-36(11-8-21)24-6-9-26(15-24,17-37)25(38)35-16-19-12-22(27(29,30)31)14-23(13-19)28(32,33)34/h2-5,12-14,17,21,24H,6-11,15-16H2,1H3,(H,35,38). The van der Waals surface area contributed by atoms with Gasteiger partial charge in [0.05, 0.1) is 11.1 Å². The predicted molar refractivity (Wildman–Crippen MR) is 129 cm³/mol. The van der Waals surface area contributed by atoms with Crippen LogP contribution in [0.5, 0.6) is 0 Å². The van der Waals surface area contributed by atoms with E-state index in [9.17, 15) is 35.9 Å². The van der Waals surface area contributed by atoms with Crippen LogP contribution < -0.4 is 5.32 Å². The van der Waals surface area contributed by atoms with Gasteiger partial charge in [-0.15, -0.1) is 0 Å². The lowest BCUT2D eigenvalue weighted by Gasteiger charge is -2.36. The van der Waals surface area contributed by atoms with E-state index in [1.165, 1.54) is 11.1 Å². The number of benzene rings is 2. The molecule has 1 saturated heterocycles. The maximum atomic E-state index is 13.1. The summed E-state index contributed by atoms with van der Waals surface area (Å²) in [7, 11) is 0. The summed E-state index contributed by atoms with van der Waals surface area (Å²) in [5.41, 5.74) is -2.09. The zero-order valence-electron chi connectivity index (χ0n) is 21.0. The maximum absolute atomic E-state index is 13.1.